The molecule has 2 fully saturated rings. The average Bonchev–Trinajstić information content (AvgIpc) is 3.54. The summed E-state index contributed by atoms with van der Waals surface area (Å²) in [4.78, 5) is 46.6. The lowest BCUT2D eigenvalue weighted by molar-refractivity contribution is -0.384. The van der Waals surface area contributed by atoms with Gasteiger partial charge in [0, 0.05) is 22.0 Å². The molecule has 9 nitrogen and oxygen atoms in total. The molecule has 0 bridgehead atoms. The number of thiophene rings is 1. The molecule has 3 atom stereocenters. The minimum absolute atomic E-state index is 0.0875. The van der Waals surface area contributed by atoms with Crippen LogP contribution in [0.2, 0.25) is 5.02 Å². The molecule has 0 N–H and O–H groups in total. The lowest BCUT2D eigenvalue weighted by Crippen LogP contribution is -2.37. The molecule has 2 aromatic carbocycles. The number of hydroxylamine groups is 1. The summed E-state index contributed by atoms with van der Waals surface area (Å²) in [6.07, 6.45) is 2.45. The third-order valence-electron chi connectivity index (χ3n) is 7.11. The largest absolute Gasteiger partial charge is 0.273 e. The normalized spacial score (nSPS) is 22.6. The number of carbonyl (C=O) groups excluding carboxylic acids is 2. The zero-order valence-corrected chi connectivity index (χ0v) is 20.9. The third kappa shape index (κ3) is 3.70. The highest BCUT2D eigenvalue weighted by atomic mass is 35.5. The lowest BCUT2D eigenvalue weighted by atomic mass is 9.90. The first-order chi connectivity index (χ1) is 17.9. The highest BCUT2D eigenvalue weighted by Gasteiger charge is 2.61. The molecule has 0 unspecified atom stereocenters. The number of amides is 2. The summed E-state index contributed by atoms with van der Waals surface area (Å²) < 4.78 is 0. The van der Waals surface area contributed by atoms with Crippen LogP contribution in [-0.2, 0) is 27.3 Å². The van der Waals surface area contributed by atoms with E-state index in [9.17, 15) is 25.0 Å². The van der Waals surface area contributed by atoms with Crippen LogP contribution in [0.15, 0.2) is 48.5 Å². The van der Waals surface area contributed by atoms with Crippen molar-refractivity contribution >= 4 is 51.1 Å². The summed E-state index contributed by atoms with van der Waals surface area (Å²) in [7, 11) is 0. The number of anilines is 2. The van der Waals surface area contributed by atoms with Gasteiger partial charge in [0.2, 0.25) is 5.91 Å². The lowest BCUT2D eigenvalue weighted by Gasteiger charge is -2.28. The van der Waals surface area contributed by atoms with Crippen LogP contribution in [0.3, 0.4) is 0 Å². The standard InChI is InChI=1S/C26H19ClN4O5S/c27-15-7-11-16(12-8-15)30-22(14-5-9-17(10-6-14)31(34)35)21-23(36-30)25(33)29(24(21)32)26-19(13-28)18-3-1-2-4-20(18)37-26/h5-12,21-23H,1-4H2/t21-,22-,23+/m1/s1. The summed E-state index contributed by atoms with van der Waals surface area (Å²) in [6.45, 7) is 0. The SMILES string of the molecule is N#Cc1c(N2C(=O)[C@H]3[C@H](ON(c4ccc(Cl)cc4)[C@@H]3c3ccc([N+](=O)[O-])cc3)C2=O)sc2c1CCCC2. The van der Waals surface area contributed by atoms with Gasteiger partial charge < -0.3 is 0 Å². The zero-order valence-electron chi connectivity index (χ0n) is 19.3. The van der Waals surface area contributed by atoms with Gasteiger partial charge in [0.05, 0.1) is 22.2 Å². The number of halogens is 1. The predicted octanol–water partition coefficient (Wildman–Crippen LogP) is 5.11. The summed E-state index contributed by atoms with van der Waals surface area (Å²) >= 11 is 7.39. The maximum absolute atomic E-state index is 13.9. The van der Waals surface area contributed by atoms with E-state index in [0.717, 1.165) is 41.0 Å². The van der Waals surface area contributed by atoms with Crippen molar-refractivity contribution in [2.75, 3.05) is 9.96 Å². The number of benzene rings is 2. The highest BCUT2D eigenvalue weighted by Crippen LogP contribution is 2.50. The van der Waals surface area contributed by atoms with Crippen molar-refractivity contribution in [1.29, 1.82) is 5.26 Å². The van der Waals surface area contributed by atoms with Gasteiger partial charge in [0.15, 0.2) is 6.10 Å². The van der Waals surface area contributed by atoms with Gasteiger partial charge in [-0.25, -0.2) is 9.96 Å². The Morgan fingerprint density at radius 1 is 1.05 bits per heavy atom. The first kappa shape index (κ1) is 23.6. The maximum Gasteiger partial charge on any atom is 0.269 e. The second-order valence-corrected chi connectivity index (χ2v) is 10.7. The van der Waals surface area contributed by atoms with Gasteiger partial charge in [-0.05, 0) is 61.1 Å². The number of aryl methyl sites for hydroxylation is 1. The van der Waals surface area contributed by atoms with E-state index in [2.05, 4.69) is 6.07 Å². The fourth-order valence-corrected chi connectivity index (χ4v) is 6.86. The number of nitrogens with zero attached hydrogens (tertiary/aromatic N) is 4. The number of fused-ring (bicyclic) bond motifs is 2. The third-order valence-corrected chi connectivity index (χ3v) is 8.64. The Balaban J connectivity index is 1.43. The molecule has 3 aromatic rings. The number of nitro groups is 1. The number of hydrogen-bond acceptors (Lipinski definition) is 8. The second-order valence-electron chi connectivity index (χ2n) is 9.16. The first-order valence-corrected chi connectivity index (χ1v) is 13.0. The van der Waals surface area contributed by atoms with Crippen LogP contribution in [0.25, 0.3) is 0 Å². The molecule has 1 aliphatic carbocycles. The smallest absolute Gasteiger partial charge is 0.269 e. The van der Waals surface area contributed by atoms with E-state index in [0.29, 0.717) is 26.8 Å². The fourth-order valence-electron chi connectivity index (χ4n) is 5.38. The molecule has 0 spiro atoms. The monoisotopic (exact) mass is 534 g/mol. The predicted molar refractivity (Wildman–Crippen MR) is 136 cm³/mol. The second kappa shape index (κ2) is 8.95. The number of non-ortho nitro benzene ring substituents is 1. The van der Waals surface area contributed by atoms with Gasteiger partial charge in [-0.1, -0.05) is 23.7 Å². The van der Waals surface area contributed by atoms with Gasteiger partial charge in [0.25, 0.3) is 11.6 Å². The number of hydrogen-bond donors (Lipinski definition) is 0. The average molecular weight is 535 g/mol. The Morgan fingerprint density at radius 3 is 2.43 bits per heavy atom. The molecule has 0 saturated carbocycles. The molecule has 2 saturated heterocycles. The van der Waals surface area contributed by atoms with Gasteiger partial charge >= 0.3 is 0 Å². The molecular weight excluding hydrogens is 516 g/mol. The first-order valence-electron chi connectivity index (χ1n) is 11.8. The van der Waals surface area contributed by atoms with Crippen LogP contribution in [0.1, 0.15) is 40.5 Å². The number of rotatable bonds is 4. The summed E-state index contributed by atoms with van der Waals surface area (Å²) in [5.74, 6) is -1.88. The molecule has 2 aliphatic heterocycles. The van der Waals surface area contributed by atoms with Crippen LogP contribution in [0.4, 0.5) is 16.4 Å². The molecule has 2 amide bonds. The van der Waals surface area contributed by atoms with Crippen molar-refractivity contribution in [3.63, 3.8) is 0 Å². The van der Waals surface area contributed by atoms with E-state index >= 15 is 0 Å². The number of carbonyl (C=O) groups is 2. The van der Waals surface area contributed by atoms with Crippen LogP contribution in [-0.4, -0.2) is 22.8 Å². The Morgan fingerprint density at radius 2 is 1.76 bits per heavy atom. The van der Waals surface area contributed by atoms with E-state index in [1.165, 1.54) is 28.5 Å². The molecule has 186 valence electrons. The Labute approximate surface area is 220 Å². The van der Waals surface area contributed by atoms with Crippen molar-refractivity contribution in [3.8, 4) is 6.07 Å². The minimum atomic E-state index is -1.10. The van der Waals surface area contributed by atoms with Crippen LogP contribution in [0.5, 0.6) is 0 Å². The molecule has 1 aromatic heterocycles. The van der Waals surface area contributed by atoms with Gasteiger partial charge in [-0.2, -0.15) is 5.26 Å². The van der Waals surface area contributed by atoms with Crippen molar-refractivity contribution in [3.05, 3.63) is 85.2 Å². The summed E-state index contributed by atoms with van der Waals surface area (Å²) in [5.41, 5.74) is 2.40. The van der Waals surface area contributed by atoms with Crippen molar-refractivity contribution < 1.29 is 19.3 Å². The van der Waals surface area contributed by atoms with Crippen LogP contribution >= 0.6 is 22.9 Å². The van der Waals surface area contributed by atoms with Crippen molar-refractivity contribution in [1.82, 2.24) is 0 Å². The molecule has 3 aliphatic rings. The number of imide groups is 1. The van der Waals surface area contributed by atoms with Gasteiger partial charge in [-0.3, -0.25) is 24.5 Å². The van der Waals surface area contributed by atoms with E-state index in [-0.39, 0.29) is 5.69 Å². The van der Waals surface area contributed by atoms with E-state index in [4.69, 9.17) is 16.4 Å². The maximum atomic E-state index is 13.9. The van der Waals surface area contributed by atoms with E-state index in [1.54, 1.807) is 36.4 Å². The molecule has 11 heteroatoms. The molecular formula is C26H19ClN4O5S. The summed E-state index contributed by atoms with van der Waals surface area (Å²) in [5, 5.41) is 23.5. The number of nitriles is 1. The zero-order chi connectivity index (χ0) is 25.8. The van der Waals surface area contributed by atoms with Crippen molar-refractivity contribution in [2.24, 2.45) is 5.92 Å². The van der Waals surface area contributed by atoms with Gasteiger partial charge in [-0.15, -0.1) is 11.3 Å². The fraction of sp³-hybridized carbons (Fsp3) is 0.269. The van der Waals surface area contributed by atoms with Crippen LogP contribution in [0, 0.1) is 27.4 Å². The van der Waals surface area contributed by atoms with E-state index in [1.807, 2.05) is 0 Å². The Hall–Kier alpha value is -3.78. The summed E-state index contributed by atoms with van der Waals surface area (Å²) in [6, 6.07) is 14.1. The number of nitro benzene ring substituents is 1. The molecule has 0 radical (unpaired) electrons. The van der Waals surface area contributed by atoms with Crippen molar-refractivity contribution in [2.45, 2.75) is 37.8 Å². The topological polar surface area (TPSA) is 117 Å². The van der Waals surface area contributed by atoms with E-state index < -0.39 is 34.8 Å². The minimum Gasteiger partial charge on any atom is -0.273 e. The Bertz CT molecular complexity index is 1480. The van der Waals surface area contributed by atoms with Crippen LogP contribution < -0.4 is 9.96 Å². The quantitative estimate of drug-likeness (QED) is 0.259. The molecule has 37 heavy (non-hydrogen) atoms. The molecule has 3 heterocycles. The molecule has 6 rings (SSSR count). The van der Waals surface area contributed by atoms with Gasteiger partial charge in [0.1, 0.15) is 17.0 Å². The Kier molecular flexibility index (Phi) is 5.71. The highest BCUT2D eigenvalue weighted by molar-refractivity contribution is 7.17.